The average molecular weight is 1770 g/mol. The smallest absolute Gasteiger partial charge is 0.411 e. The van der Waals surface area contributed by atoms with Crippen molar-refractivity contribution in [1.29, 1.82) is 0 Å². The van der Waals surface area contributed by atoms with Crippen LogP contribution in [0.25, 0.3) is 0 Å². The monoisotopic (exact) mass is 1770 g/mol. The van der Waals surface area contributed by atoms with E-state index >= 15 is 23.6 Å². The Bertz CT molecular complexity index is 5190. The van der Waals surface area contributed by atoms with Crippen molar-refractivity contribution in [2.75, 3.05) is 50.2 Å². The number of nitrogens with zero attached hydrogens (tertiary/aromatic N) is 6. The summed E-state index contributed by atoms with van der Waals surface area (Å²) in [6, 6.07) is 32.1. The molecule has 34 nitrogen and oxygen atoms in total. The fourth-order valence-electron chi connectivity index (χ4n) is 23.8. The molecule has 6 aliphatic carbocycles. The van der Waals surface area contributed by atoms with Gasteiger partial charge in [0.05, 0.1) is 38.8 Å². The van der Waals surface area contributed by atoms with Gasteiger partial charge >= 0.3 is 24.4 Å². The summed E-state index contributed by atoms with van der Waals surface area (Å²) in [7, 11) is 2.85. The highest BCUT2D eigenvalue weighted by Gasteiger charge is 2.72. The second-order valence-corrected chi connectivity index (χ2v) is 37.0. The highest BCUT2D eigenvalue weighted by Crippen LogP contribution is 2.63. The third kappa shape index (κ3) is 14.6. The van der Waals surface area contributed by atoms with Crippen LogP contribution >= 0.6 is 0 Å². The number of carboxylic acid groups (broad SMARTS) is 4. The van der Waals surface area contributed by atoms with E-state index in [9.17, 15) is 73.4 Å². The second kappa shape index (κ2) is 34.4. The van der Waals surface area contributed by atoms with E-state index in [1.165, 1.54) is 45.4 Å². The summed E-state index contributed by atoms with van der Waals surface area (Å²) < 4.78 is 42.4. The summed E-state index contributed by atoms with van der Waals surface area (Å²) in [4.78, 5) is 177. The molecule has 14 atom stereocenters. The zero-order valence-electron chi connectivity index (χ0n) is 73.4. The standard InChI is InChI=1S/2C46H56FN7O10/c1-23-24(2)32(16-15-31(23)47)54(37-33(55)17-19-52(37)45(39(59)50-41(61)62)27-11-7-25(8-12-27)21-29(35(48)57)43(45,3)4)38-34(56)18-20-53(38)46(40(60)51-42(63)64)28-13-9-26(10-14-28)22-30(36(49)58)44(46,5)6;1-43(2)31(37(48)55)23-25-11-17-33(63-5)29(21-25)45(43,39(57)50-41(59)60)52-19-7-9-35(52)54(28-15-13-27(47)14-16-28)36-10-8-20-53(36)46(40(58)51-42(61)62)30-22-26(12-18-34(30)64-6)24-32(38(49)56)44(46,3)4/h7-16,29-30,33-34,37-38,55-56H,17-22H2,1-6H3,(H2,48,57)(H2,49,58)(H,50,59)(H,51,60)(H,61,62)(H,63,64);11-18,21-22,31-32,35-36H,7-10,19-20,23-24H2,1-6H3,(H2,48,55)(H2,49,56)(H,50,57)(H,51,58)(H,59,60)(H,61,62)/t29?,30?,33-,34-,37-,38-,45-,46-;31?,32?,35?,36?,45-,46-/m00/s1. The highest BCUT2D eigenvalue weighted by molar-refractivity contribution is 6.03. The topological polar surface area (TPSA) is 516 Å². The van der Waals surface area contributed by atoms with Crippen LogP contribution in [0.15, 0.2) is 121 Å². The number of nitrogens with two attached hydrogens (primary N) is 4. The van der Waals surface area contributed by atoms with Crippen molar-refractivity contribution in [3.63, 3.8) is 0 Å². The lowest BCUT2D eigenvalue weighted by atomic mass is 9.57. The van der Waals surface area contributed by atoms with Crippen molar-refractivity contribution in [1.82, 2.24) is 40.9 Å². The molecule has 0 saturated carbocycles. The van der Waals surface area contributed by atoms with Gasteiger partial charge in [0.1, 0.15) is 57.6 Å². The van der Waals surface area contributed by atoms with Gasteiger partial charge in [-0.1, -0.05) is 116 Å². The largest absolute Gasteiger partial charge is 0.496 e. The number of ether oxygens (including phenoxy) is 2. The predicted molar refractivity (Wildman–Crippen MR) is 460 cm³/mol. The number of carbonyl (C=O) groups is 12. The van der Waals surface area contributed by atoms with Gasteiger partial charge in [0, 0.05) is 94.0 Å². The van der Waals surface area contributed by atoms with Gasteiger partial charge < -0.3 is 72.8 Å². The summed E-state index contributed by atoms with van der Waals surface area (Å²) in [5, 5.41) is 74.5. The number of imide groups is 4. The molecule has 6 aromatic carbocycles. The van der Waals surface area contributed by atoms with Crippen molar-refractivity contribution >= 4 is 83.0 Å². The normalized spacial score (nSPS) is 28.3. The number of aliphatic hydroxyl groups is 2. The molecule has 18 N–H and O–H groups in total. The molecule has 0 spiro atoms. The van der Waals surface area contributed by atoms with E-state index in [0.29, 0.717) is 59.2 Å². The molecule has 16 rings (SSSR count). The molecular weight excluding hydrogens is 1660 g/mol. The lowest BCUT2D eigenvalue weighted by molar-refractivity contribution is -0.160. The molecule has 0 aromatic heterocycles. The first-order valence-electron chi connectivity index (χ1n) is 42.5. The number of hydrogen-bond acceptors (Lipinski definition) is 22. The van der Waals surface area contributed by atoms with Crippen LogP contribution in [0.2, 0.25) is 0 Å². The number of methoxy groups -OCH3 is 2. The summed E-state index contributed by atoms with van der Waals surface area (Å²) in [6.45, 7) is 16.6. The molecule has 8 bridgehead atoms. The first-order valence-corrected chi connectivity index (χ1v) is 42.5. The number of hydrogen-bond donors (Lipinski definition) is 14. The Hall–Kier alpha value is -12.2. The minimum atomic E-state index is -2.15. The maximum atomic E-state index is 15.6. The van der Waals surface area contributed by atoms with Gasteiger partial charge in [-0.25, -0.2) is 28.0 Å². The van der Waals surface area contributed by atoms with Crippen molar-refractivity contribution < 1.29 is 106 Å². The Labute approximate surface area is 737 Å². The summed E-state index contributed by atoms with van der Waals surface area (Å²) >= 11 is 0. The summed E-state index contributed by atoms with van der Waals surface area (Å²) in [5.74, 6) is -11.9. The van der Waals surface area contributed by atoms with Gasteiger partial charge in [-0.3, -0.25) is 79.2 Å². The van der Waals surface area contributed by atoms with E-state index in [0.717, 1.165) is 11.1 Å². The average Bonchev–Trinajstić information content (AvgIpc) is 1.28. The van der Waals surface area contributed by atoms with Gasteiger partial charge in [-0.15, -0.1) is 0 Å². The molecule has 12 amide bonds. The number of halogens is 2. The van der Waals surface area contributed by atoms with Gasteiger partial charge in [-0.2, -0.15) is 0 Å². The Balaban J connectivity index is 0.000000219. The Morgan fingerprint density at radius 1 is 0.398 bits per heavy atom. The number of rotatable bonds is 20. The van der Waals surface area contributed by atoms with Gasteiger partial charge in [0.15, 0.2) is 0 Å². The number of amides is 12. The number of carbonyl (C=O) groups excluding carboxylic acids is 8. The molecule has 4 heterocycles. The molecule has 4 aliphatic heterocycles. The number of likely N-dealkylation sites (tertiary alicyclic amines) is 4. The first kappa shape index (κ1) is 93.4. The van der Waals surface area contributed by atoms with E-state index in [4.69, 9.17) is 32.4 Å². The molecule has 6 aromatic rings. The van der Waals surface area contributed by atoms with Crippen LogP contribution in [0.1, 0.15) is 150 Å². The van der Waals surface area contributed by atoms with E-state index < -0.39 is 188 Å². The third-order valence-corrected chi connectivity index (χ3v) is 29.7. The van der Waals surface area contributed by atoms with Crippen molar-refractivity contribution in [2.24, 2.45) is 68.3 Å². The lowest BCUT2D eigenvalue weighted by Crippen LogP contribution is -2.75. The Morgan fingerprint density at radius 3 is 1.05 bits per heavy atom. The zero-order valence-corrected chi connectivity index (χ0v) is 73.4. The SMILES string of the molecule is COc1ccc2cc1[C@@](C(=O)NC(=O)O)(N1CCCC1N(c1ccc(F)cc1)C1CCCN1[C@]1(C(=O)NC(=O)O)c3cc(ccc3OC)CC(C(N)=O)C1(C)C)C(C)(C)C(C(N)=O)C2.Cc1c(F)ccc(N([C@H]2[C@@H](O)CCN2[C@]2(C(=O)NC(=O)O)c3ccc(cc3)CC(C(N)=O)C2(C)C)[C@H]2[C@@H](O)CCN2[C@]2(C(=O)NC(=O)O)c3ccc(cc3)CC(C(N)=O)C2(C)C)c1C. The van der Waals surface area contributed by atoms with Crippen molar-refractivity contribution in [3.05, 3.63) is 189 Å². The zero-order chi connectivity index (χ0) is 93.7. The maximum Gasteiger partial charge on any atom is 0.411 e. The number of primary amides is 4. The van der Waals surface area contributed by atoms with Crippen LogP contribution in [0.5, 0.6) is 11.5 Å². The Morgan fingerprint density at radius 2 is 0.719 bits per heavy atom. The van der Waals surface area contributed by atoms with Crippen LogP contribution in [0.4, 0.5) is 39.3 Å². The number of nitrogens with one attached hydrogen (secondary N) is 4. The molecule has 36 heteroatoms. The molecule has 6 unspecified atom stereocenters. The number of fused-ring (bicyclic) bond motifs is 14. The first-order chi connectivity index (χ1) is 60.1. The van der Waals surface area contributed by atoms with Crippen LogP contribution in [0, 0.1) is 70.8 Å². The molecule has 128 heavy (non-hydrogen) atoms. The van der Waals surface area contributed by atoms with Gasteiger partial charge in [0.25, 0.3) is 23.6 Å². The fraction of sp³-hybridized carbons (Fsp3) is 0.478. The van der Waals surface area contributed by atoms with Crippen LogP contribution in [-0.2, 0) is 86.2 Å². The highest BCUT2D eigenvalue weighted by atomic mass is 19.1. The Kier molecular flexibility index (Phi) is 25.1. The summed E-state index contributed by atoms with van der Waals surface area (Å²) in [5.41, 5.74) is 15.4. The second-order valence-electron chi connectivity index (χ2n) is 37.0. The van der Waals surface area contributed by atoms with Gasteiger partial charge in [-0.05, 0) is 183 Å². The van der Waals surface area contributed by atoms with Crippen molar-refractivity contribution in [3.8, 4) is 11.5 Å². The number of aliphatic hydroxyl groups excluding tert-OH is 2. The maximum absolute atomic E-state index is 15.6. The van der Waals surface area contributed by atoms with Crippen molar-refractivity contribution in [2.45, 2.75) is 192 Å². The van der Waals surface area contributed by atoms with Crippen LogP contribution < -0.4 is 63.5 Å². The fourth-order valence-corrected chi connectivity index (χ4v) is 23.8. The molecule has 4 fully saturated rings. The van der Waals surface area contributed by atoms with Crippen LogP contribution in [-0.4, -0.2) is 199 Å². The van der Waals surface area contributed by atoms with Gasteiger partial charge in [0.2, 0.25) is 23.6 Å². The molecule has 10 aliphatic rings. The molecule has 684 valence electrons. The predicted octanol–water partition coefficient (Wildman–Crippen LogP) is 7.02. The molecule has 0 radical (unpaired) electrons. The minimum absolute atomic E-state index is 0.0535. The quantitative estimate of drug-likeness (QED) is 0.0365. The number of benzene rings is 6. The molecule has 4 saturated heterocycles. The van der Waals surface area contributed by atoms with E-state index in [2.05, 4.69) is 21.3 Å². The third-order valence-electron chi connectivity index (χ3n) is 29.7. The van der Waals surface area contributed by atoms with Crippen LogP contribution in [0.3, 0.4) is 0 Å². The van der Waals surface area contributed by atoms with E-state index in [-0.39, 0.29) is 98.6 Å². The van der Waals surface area contributed by atoms with E-state index in [1.807, 2.05) is 14.7 Å². The van der Waals surface area contributed by atoms with E-state index in [1.54, 1.807) is 174 Å². The number of anilines is 2. The summed E-state index contributed by atoms with van der Waals surface area (Å²) in [6.07, 6.45) is -12.4. The minimum Gasteiger partial charge on any atom is -0.496 e. The molecular formula is C92H112F2N14O20. The lowest BCUT2D eigenvalue weighted by Gasteiger charge is -2.60.